The zero-order chi connectivity index (χ0) is 11.9. The van der Waals surface area contributed by atoms with E-state index in [9.17, 15) is 0 Å². The Bertz CT molecular complexity index is 411. The first-order valence-electron chi connectivity index (χ1n) is 5.84. The summed E-state index contributed by atoms with van der Waals surface area (Å²) >= 11 is 1.74. The van der Waals surface area contributed by atoms with E-state index in [0.717, 1.165) is 13.1 Å². The highest BCUT2D eigenvalue weighted by Gasteiger charge is 2.07. The summed E-state index contributed by atoms with van der Waals surface area (Å²) in [7, 11) is 2.00. The summed E-state index contributed by atoms with van der Waals surface area (Å²) in [6.45, 7) is 1.88. The van der Waals surface area contributed by atoms with Gasteiger partial charge in [-0.3, -0.25) is 0 Å². The van der Waals surface area contributed by atoms with E-state index < -0.39 is 0 Å². The Kier molecular flexibility index (Phi) is 4.74. The van der Waals surface area contributed by atoms with Crippen LogP contribution < -0.4 is 10.6 Å². The summed E-state index contributed by atoms with van der Waals surface area (Å²) in [4.78, 5) is 0. The van der Waals surface area contributed by atoms with Gasteiger partial charge in [-0.05, 0) is 35.0 Å². The molecule has 0 spiro atoms. The van der Waals surface area contributed by atoms with Crippen molar-refractivity contribution in [3.63, 3.8) is 0 Å². The highest BCUT2D eigenvalue weighted by atomic mass is 32.1. The molecule has 1 aromatic carbocycles. The molecule has 2 aromatic rings. The predicted octanol–water partition coefficient (Wildman–Crippen LogP) is 2.80. The fourth-order valence-corrected chi connectivity index (χ4v) is 2.49. The molecule has 0 radical (unpaired) electrons. The molecule has 0 bridgehead atoms. The molecule has 2 rings (SSSR count). The molecule has 0 aliphatic carbocycles. The van der Waals surface area contributed by atoms with Crippen LogP contribution in [0.5, 0.6) is 0 Å². The fourth-order valence-electron chi connectivity index (χ4n) is 1.83. The van der Waals surface area contributed by atoms with Crippen LogP contribution in [-0.4, -0.2) is 13.6 Å². The van der Waals surface area contributed by atoms with Crippen molar-refractivity contribution in [3.05, 3.63) is 58.3 Å². The molecular weight excluding hydrogens is 228 g/mol. The summed E-state index contributed by atoms with van der Waals surface area (Å²) < 4.78 is 0. The van der Waals surface area contributed by atoms with Crippen molar-refractivity contribution in [1.29, 1.82) is 0 Å². The molecule has 0 amide bonds. The predicted molar refractivity (Wildman–Crippen MR) is 74.3 cm³/mol. The standard InChI is InChI=1S/C14H18N2S/c1-15-14(13-5-3-2-4-6-13)10-16-9-12-7-8-17-11-12/h2-8,11,14-16H,9-10H2,1H3/t14-/m1/s1. The van der Waals surface area contributed by atoms with Gasteiger partial charge in [-0.1, -0.05) is 30.3 Å². The second kappa shape index (κ2) is 6.55. The molecule has 1 aromatic heterocycles. The van der Waals surface area contributed by atoms with Gasteiger partial charge in [0.25, 0.3) is 0 Å². The van der Waals surface area contributed by atoms with Gasteiger partial charge >= 0.3 is 0 Å². The van der Waals surface area contributed by atoms with E-state index in [1.165, 1.54) is 11.1 Å². The van der Waals surface area contributed by atoms with Crippen LogP contribution in [0.15, 0.2) is 47.2 Å². The van der Waals surface area contributed by atoms with Crippen LogP contribution in [0.4, 0.5) is 0 Å². The zero-order valence-electron chi connectivity index (χ0n) is 10.0. The lowest BCUT2D eigenvalue weighted by Gasteiger charge is -2.17. The van der Waals surface area contributed by atoms with Crippen LogP contribution >= 0.6 is 11.3 Å². The maximum Gasteiger partial charge on any atom is 0.0444 e. The van der Waals surface area contributed by atoms with Gasteiger partial charge in [-0.25, -0.2) is 0 Å². The van der Waals surface area contributed by atoms with Gasteiger partial charge in [0.2, 0.25) is 0 Å². The third kappa shape index (κ3) is 3.66. The number of likely N-dealkylation sites (N-methyl/N-ethyl adjacent to an activating group) is 1. The van der Waals surface area contributed by atoms with Crippen molar-refractivity contribution < 1.29 is 0 Å². The van der Waals surface area contributed by atoms with Crippen LogP contribution in [0.1, 0.15) is 17.2 Å². The summed E-state index contributed by atoms with van der Waals surface area (Å²) in [6.07, 6.45) is 0. The highest BCUT2D eigenvalue weighted by molar-refractivity contribution is 7.07. The molecule has 0 aliphatic rings. The molecule has 90 valence electrons. The lowest BCUT2D eigenvalue weighted by molar-refractivity contribution is 0.528. The molecule has 3 heteroatoms. The number of nitrogens with one attached hydrogen (secondary N) is 2. The molecule has 17 heavy (non-hydrogen) atoms. The largest absolute Gasteiger partial charge is 0.312 e. The Balaban J connectivity index is 1.84. The van der Waals surface area contributed by atoms with E-state index in [1.54, 1.807) is 11.3 Å². The van der Waals surface area contributed by atoms with Crippen molar-refractivity contribution in [1.82, 2.24) is 10.6 Å². The van der Waals surface area contributed by atoms with Crippen LogP contribution in [0.2, 0.25) is 0 Å². The van der Waals surface area contributed by atoms with Gasteiger partial charge in [0.15, 0.2) is 0 Å². The van der Waals surface area contributed by atoms with Crippen molar-refractivity contribution in [2.24, 2.45) is 0 Å². The van der Waals surface area contributed by atoms with E-state index in [-0.39, 0.29) is 0 Å². The number of rotatable bonds is 6. The molecule has 2 N–H and O–H groups in total. The molecule has 0 saturated carbocycles. The van der Waals surface area contributed by atoms with Crippen molar-refractivity contribution in [2.75, 3.05) is 13.6 Å². The molecule has 0 fully saturated rings. The minimum Gasteiger partial charge on any atom is -0.312 e. The van der Waals surface area contributed by atoms with Gasteiger partial charge in [0.1, 0.15) is 0 Å². The van der Waals surface area contributed by atoms with Gasteiger partial charge < -0.3 is 10.6 Å². The van der Waals surface area contributed by atoms with Crippen LogP contribution in [-0.2, 0) is 6.54 Å². The zero-order valence-corrected chi connectivity index (χ0v) is 10.8. The smallest absolute Gasteiger partial charge is 0.0444 e. The Morgan fingerprint density at radius 1 is 1.18 bits per heavy atom. The third-order valence-electron chi connectivity index (χ3n) is 2.81. The van der Waals surface area contributed by atoms with Gasteiger partial charge in [0.05, 0.1) is 0 Å². The second-order valence-electron chi connectivity index (χ2n) is 4.01. The van der Waals surface area contributed by atoms with Gasteiger partial charge in [-0.15, -0.1) is 0 Å². The maximum atomic E-state index is 3.48. The van der Waals surface area contributed by atoms with Crippen molar-refractivity contribution in [3.8, 4) is 0 Å². The summed E-state index contributed by atoms with van der Waals surface area (Å²) in [5.41, 5.74) is 2.69. The number of hydrogen-bond donors (Lipinski definition) is 2. The third-order valence-corrected chi connectivity index (χ3v) is 3.54. The SMILES string of the molecule is CN[C@H](CNCc1ccsc1)c1ccccc1. The molecular formula is C14H18N2S. The second-order valence-corrected chi connectivity index (χ2v) is 4.79. The lowest BCUT2D eigenvalue weighted by Crippen LogP contribution is -2.29. The maximum absolute atomic E-state index is 3.48. The first-order chi connectivity index (χ1) is 8.40. The first kappa shape index (κ1) is 12.3. The minimum absolute atomic E-state index is 0.370. The normalized spacial score (nSPS) is 12.5. The minimum atomic E-state index is 0.370. The number of hydrogen-bond acceptors (Lipinski definition) is 3. The average molecular weight is 246 g/mol. The Hall–Kier alpha value is -1.16. The van der Waals surface area contributed by atoms with Gasteiger partial charge in [-0.2, -0.15) is 11.3 Å². The van der Waals surface area contributed by atoms with Crippen molar-refractivity contribution in [2.45, 2.75) is 12.6 Å². The Morgan fingerprint density at radius 3 is 2.65 bits per heavy atom. The lowest BCUT2D eigenvalue weighted by atomic mass is 10.1. The Labute approximate surface area is 107 Å². The van der Waals surface area contributed by atoms with Crippen LogP contribution in [0, 0.1) is 0 Å². The molecule has 0 aliphatic heterocycles. The quantitative estimate of drug-likeness (QED) is 0.819. The molecule has 0 saturated heterocycles. The molecule has 1 atom stereocenters. The van der Waals surface area contributed by atoms with Crippen LogP contribution in [0.3, 0.4) is 0 Å². The number of benzene rings is 1. The van der Waals surface area contributed by atoms with E-state index in [0.29, 0.717) is 6.04 Å². The topological polar surface area (TPSA) is 24.1 Å². The van der Waals surface area contributed by atoms with E-state index in [2.05, 4.69) is 57.8 Å². The Morgan fingerprint density at radius 2 is 2.00 bits per heavy atom. The van der Waals surface area contributed by atoms with Gasteiger partial charge in [0, 0.05) is 19.1 Å². The summed E-state index contributed by atoms with van der Waals surface area (Å²) in [5, 5.41) is 11.1. The fraction of sp³-hybridized carbons (Fsp3) is 0.286. The molecule has 1 heterocycles. The summed E-state index contributed by atoms with van der Waals surface area (Å²) in [6, 6.07) is 13.1. The number of thiophene rings is 1. The van der Waals surface area contributed by atoms with E-state index in [1.807, 2.05) is 7.05 Å². The van der Waals surface area contributed by atoms with Crippen LogP contribution in [0.25, 0.3) is 0 Å². The van der Waals surface area contributed by atoms with E-state index in [4.69, 9.17) is 0 Å². The first-order valence-corrected chi connectivity index (χ1v) is 6.78. The molecule has 0 unspecified atom stereocenters. The van der Waals surface area contributed by atoms with Crippen molar-refractivity contribution >= 4 is 11.3 Å². The van der Waals surface area contributed by atoms with E-state index >= 15 is 0 Å². The average Bonchev–Trinajstić information content (AvgIpc) is 2.89. The highest BCUT2D eigenvalue weighted by Crippen LogP contribution is 2.11. The molecule has 2 nitrogen and oxygen atoms in total. The monoisotopic (exact) mass is 246 g/mol. The summed E-state index contributed by atoms with van der Waals surface area (Å²) in [5.74, 6) is 0.